The number of amides is 1. The fourth-order valence-corrected chi connectivity index (χ4v) is 3.34. The Morgan fingerprint density at radius 3 is 2.81 bits per heavy atom. The van der Waals surface area contributed by atoms with Crippen LogP contribution in [-0.4, -0.2) is 33.4 Å². The summed E-state index contributed by atoms with van der Waals surface area (Å²) in [4.78, 5) is 29.0. The van der Waals surface area contributed by atoms with E-state index in [1.165, 1.54) is 23.9 Å². The molecule has 2 aromatic rings. The van der Waals surface area contributed by atoms with Crippen LogP contribution in [0.25, 0.3) is 0 Å². The molecule has 2 aromatic heterocycles. The van der Waals surface area contributed by atoms with Gasteiger partial charge in [-0.1, -0.05) is 0 Å². The third kappa shape index (κ3) is 2.67. The molecule has 1 unspecified atom stereocenters. The average Bonchev–Trinajstić information content (AvgIpc) is 3.17. The Morgan fingerprint density at radius 1 is 1.33 bits per heavy atom. The molecule has 0 spiro atoms. The van der Waals surface area contributed by atoms with Crippen LogP contribution in [0.4, 0.5) is 0 Å². The van der Waals surface area contributed by atoms with Crippen molar-refractivity contribution in [2.75, 3.05) is 6.54 Å². The van der Waals surface area contributed by atoms with E-state index in [0.29, 0.717) is 5.56 Å². The van der Waals surface area contributed by atoms with Gasteiger partial charge in [0.1, 0.15) is 5.69 Å². The van der Waals surface area contributed by atoms with Crippen molar-refractivity contribution >= 4 is 23.2 Å². The minimum Gasteiger partial charge on any atom is -0.477 e. The summed E-state index contributed by atoms with van der Waals surface area (Å²) in [5.74, 6) is -1.18. The van der Waals surface area contributed by atoms with Crippen molar-refractivity contribution in [1.82, 2.24) is 9.88 Å². The summed E-state index contributed by atoms with van der Waals surface area (Å²) in [5.41, 5.74) is 1.55. The summed E-state index contributed by atoms with van der Waals surface area (Å²) < 4.78 is 0. The lowest BCUT2D eigenvalue weighted by Gasteiger charge is -2.24. The van der Waals surface area contributed by atoms with Crippen LogP contribution in [0.1, 0.15) is 45.3 Å². The van der Waals surface area contributed by atoms with Crippen molar-refractivity contribution in [2.24, 2.45) is 0 Å². The van der Waals surface area contributed by atoms with Gasteiger partial charge in [0.05, 0.1) is 11.6 Å². The Labute approximate surface area is 125 Å². The highest BCUT2D eigenvalue weighted by atomic mass is 32.1. The first kappa shape index (κ1) is 13.8. The van der Waals surface area contributed by atoms with Gasteiger partial charge in [-0.05, 0) is 47.4 Å². The third-order valence-electron chi connectivity index (χ3n) is 3.67. The Morgan fingerprint density at radius 2 is 2.19 bits per heavy atom. The van der Waals surface area contributed by atoms with Gasteiger partial charge in [0.2, 0.25) is 0 Å². The molecule has 5 nitrogen and oxygen atoms in total. The van der Waals surface area contributed by atoms with Crippen LogP contribution in [-0.2, 0) is 0 Å². The lowest BCUT2D eigenvalue weighted by atomic mass is 10.1. The van der Waals surface area contributed by atoms with E-state index < -0.39 is 5.97 Å². The van der Waals surface area contributed by atoms with Gasteiger partial charge in [0, 0.05) is 12.7 Å². The zero-order valence-corrected chi connectivity index (χ0v) is 12.0. The number of rotatable bonds is 3. The first-order valence-electron chi connectivity index (χ1n) is 6.69. The van der Waals surface area contributed by atoms with Crippen molar-refractivity contribution in [3.8, 4) is 0 Å². The molecular formula is C15H14N2O3S. The number of pyridine rings is 1. The number of carbonyl (C=O) groups excluding carboxylic acids is 1. The second-order valence-electron chi connectivity index (χ2n) is 4.95. The molecule has 1 amide bonds. The number of aromatic nitrogens is 1. The number of carbonyl (C=O) groups is 2. The molecule has 1 aliphatic rings. The summed E-state index contributed by atoms with van der Waals surface area (Å²) in [5, 5.41) is 12.9. The van der Waals surface area contributed by atoms with Crippen molar-refractivity contribution in [3.05, 3.63) is 52.0 Å². The number of carboxylic acid groups (broad SMARTS) is 1. The van der Waals surface area contributed by atoms with Crippen molar-refractivity contribution in [1.29, 1.82) is 0 Å². The molecule has 0 saturated carbocycles. The molecule has 1 fully saturated rings. The molecule has 1 N–H and O–H groups in total. The maximum atomic E-state index is 12.6. The van der Waals surface area contributed by atoms with Crippen LogP contribution >= 0.6 is 11.3 Å². The molecule has 0 aromatic carbocycles. The molecule has 1 saturated heterocycles. The number of thiophene rings is 1. The minimum absolute atomic E-state index is 0.0534. The molecule has 1 aliphatic heterocycles. The maximum Gasteiger partial charge on any atom is 0.354 e. The summed E-state index contributed by atoms with van der Waals surface area (Å²) in [6.07, 6.45) is 3.28. The van der Waals surface area contributed by atoms with E-state index in [-0.39, 0.29) is 17.6 Å². The standard InChI is InChI=1S/C15H14N2O3S/c18-14(10-3-4-12(15(19)20)16-8-10)17-6-1-2-13(17)11-5-7-21-9-11/h3-5,7-9,13H,1-2,6H2,(H,19,20). The minimum atomic E-state index is -1.09. The molecule has 6 heteroatoms. The number of aromatic carboxylic acids is 1. The number of carboxylic acids is 1. The maximum absolute atomic E-state index is 12.6. The van der Waals surface area contributed by atoms with Gasteiger partial charge < -0.3 is 10.0 Å². The first-order valence-corrected chi connectivity index (χ1v) is 7.63. The van der Waals surface area contributed by atoms with Crippen molar-refractivity contribution < 1.29 is 14.7 Å². The monoisotopic (exact) mass is 302 g/mol. The van der Waals surface area contributed by atoms with E-state index >= 15 is 0 Å². The summed E-state index contributed by atoms with van der Waals surface area (Å²) in [6.45, 7) is 0.722. The third-order valence-corrected chi connectivity index (χ3v) is 4.37. The normalized spacial score (nSPS) is 17.9. The van der Waals surface area contributed by atoms with Gasteiger partial charge in [0.25, 0.3) is 5.91 Å². The van der Waals surface area contributed by atoms with Crippen LogP contribution in [0.3, 0.4) is 0 Å². The Kier molecular flexibility index (Phi) is 3.70. The summed E-state index contributed by atoms with van der Waals surface area (Å²) in [7, 11) is 0. The molecule has 0 bridgehead atoms. The summed E-state index contributed by atoms with van der Waals surface area (Å²) >= 11 is 1.63. The fourth-order valence-electron chi connectivity index (χ4n) is 2.63. The van der Waals surface area contributed by atoms with Crippen LogP contribution in [0, 0.1) is 0 Å². The first-order chi connectivity index (χ1) is 10.2. The van der Waals surface area contributed by atoms with E-state index in [1.54, 1.807) is 11.3 Å². The average molecular weight is 302 g/mol. The zero-order chi connectivity index (χ0) is 14.8. The second kappa shape index (κ2) is 5.65. The van der Waals surface area contributed by atoms with Gasteiger partial charge in [0.15, 0.2) is 0 Å². The molecule has 3 rings (SSSR count). The lowest BCUT2D eigenvalue weighted by Crippen LogP contribution is -2.30. The SMILES string of the molecule is O=C(O)c1ccc(C(=O)N2CCCC2c2ccsc2)cn1. The van der Waals surface area contributed by atoms with E-state index in [4.69, 9.17) is 5.11 Å². The summed E-state index contributed by atoms with van der Waals surface area (Å²) in [6, 6.07) is 5.06. The highest BCUT2D eigenvalue weighted by molar-refractivity contribution is 7.07. The lowest BCUT2D eigenvalue weighted by molar-refractivity contribution is 0.0685. The van der Waals surface area contributed by atoms with Crippen molar-refractivity contribution in [2.45, 2.75) is 18.9 Å². The smallest absolute Gasteiger partial charge is 0.354 e. The Balaban J connectivity index is 1.82. The number of hydrogen-bond acceptors (Lipinski definition) is 4. The van der Waals surface area contributed by atoms with Crippen LogP contribution in [0.5, 0.6) is 0 Å². The molecule has 21 heavy (non-hydrogen) atoms. The molecule has 3 heterocycles. The van der Waals surface area contributed by atoms with Gasteiger partial charge in [-0.25, -0.2) is 9.78 Å². The van der Waals surface area contributed by atoms with Crippen LogP contribution in [0.2, 0.25) is 0 Å². The predicted octanol–water partition coefficient (Wildman–Crippen LogP) is 2.82. The van der Waals surface area contributed by atoms with Crippen molar-refractivity contribution in [3.63, 3.8) is 0 Å². The van der Waals surface area contributed by atoms with E-state index in [9.17, 15) is 9.59 Å². The predicted molar refractivity (Wildman–Crippen MR) is 78.5 cm³/mol. The molecule has 0 radical (unpaired) electrons. The number of nitrogens with zero attached hydrogens (tertiary/aromatic N) is 2. The number of hydrogen-bond donors (Lipinski definition) is 1. The number of likely N-dealkylation sites (tertiary alicyclic amines) is 1. The van der Waals surface area contributed by atoms with E-state index in [2.05, 4.69) is 10.4 Å². The second-order valence-corrected chi connectivity index (χ2v) is 5.73. The van der Waals surface area contributed by atoms with E-state index in [0.717, 1.165) is 19.4 Å². The molecule has 1 atom stereocenters. The Bertz CT molecular complexity index is 652. The van der Waals surface area contributed by atoms with Crippen LogP contribution in [0.15, 0.2) is 35.2 Å². The molecule has 108 valence electrons. The highest BCUT2D eigenvalue weighted by Crippen LogP contribution is 2.34. The van der Waals surface area contributed by atoms with Gasteiger partial charge >= 0.3 is 5.97 Å². The highest BCUT2D eigenvalue weighted by Gasteiger charge is 2.30. The van der Waals surface area contributed by atoms with Crippen LogP contribution < -0.4 is 0 Å². The van der Waals surface area contributed by atoms with Gasteiger partial charge in [-0.2, -0.15) is 11.3 Å². The van der Waals surface area contributed by atoms with Gasteiger partial charge in [-0.3, -0.25) is 4.79 Å². The molecule has 0 aliphatic carbocycles. The molecular weight excluding hydrogens is 288 g/mol. The quantitative estimate of drug-likeness (QED) is 0.946. The topological polar surface area (TPSA) is 70.5 Å². The largest absolute Gasteiger partial charge is 0.477 e. The fraction of sp³-hybridized carbons (Fsp3) is 0.267. The zero-order valence-electron chi connectivity index (χ0n) is 11.2. The van der Waals surface area contributed by atoms with E-state index in [1.807, 2.05) is 16.3 Å². The van der Waals surface area contributed by atoms with Gasteiger partial charge in [-0.15, -0.1) is 0 Å². The Hall–Kier alpha value is -2.21.